The Morgan fingerprint density at radius 1 is 1.28 bits per heavy atom. The molecule has 0 aliphatic carbocycles. The largest absolute Gasteiger partial charge is 0.330 e. The third-order valence-corrected chi connectivity index (χ3v) is 3.72. The lowest BCUT2D eigenvalue weighted by Gasteiger charge is -2.26. The summed E-state index contributed by atoms with van der Waals surface area (Å²) in [5, 5.41) is 0. The maximum absolute atomic E-state index is 5.69. The van der Waals surface area contributed by atoms with Crippen molar-refractivity contribution < 1.29 is 0 Å². The molecule has 2 heteroatoms. The average molecular weight is 244 g/mol. The topological polar surface area (TPSA) is 29.3 Å². The summed E-state index contributed by atoms with van der Waals surface area (Å²) in [6.07, 6.45) is 3.54. The summed E-state index contributed by atoms with van der Waals surface area (Å²) in [7, 11) is 0. The average Bonchev–Trinajstić information content (AvgIpc) is 2.39. The van der Waals surface area contributed by atoms with Crippen LogP contribution in [-0.4, -0.2) is 24.5 Å². The van der Waals surface area contributed by atoms with Crippen molar-refractivity contribution in [3.8, 4) is 0 Å². The zero-order chi connectivity index (χ0) is 13.0. The first kappa shape index (κ1) is 13.3. The molecule has 18 heavy (non-hydrogen) atoms. The summed E-state index contributed by atoms with van der Waals surface area (Å²) in [6.45, 7) is 8.46. The lowest BCUT2D eigenvalue weighted by atomic mass is 10.00. The van der Waals surface area contributed by atoms with Crippen LogP contribution in [0.4, 0.5) is 0 Å². The number of hydrogen-bond donors (Lipinski definition) is 1. The van der Waals surface area contributed by atoms with Gasteiger partial charge in [-0.3, -0.25) is 4.90 Å². The van der Waals surface area contributed by atoms with Crippen LogP contribution in [0.2, 0.25) is 0 Å². The molecular weight excluding hydrogens is 220 g/mol. The predicted octanol–water partition coefficient (Wildman–Crippen LogP) is 2.90. The molecule has 1 atom stereocenters. The highest BCUT2D eigenvalue weighted by Crippen LogP contribution is 2.17. The minimum absolute atomic E-state index is 0.458. The Morgan fingerprint density at radius 2 is 2.00 bits per heavy atom. The van der Waals surface area contributed by atoms with Crippen molar-refractivity contribution in [1.82, 2.24) is 4.90 Å². The zero-order valence-electron chi connectivity index (χ0n) is 11.5. The molecule has 1 heterocycles. The van der Waals surface area contributed by atoms with Crippen LogP contribution in [0.25, 0.3) is 0 Å². The van der Waals surface area contributed by atoms with Gasteiger partial charge in [-0.05, 0) is 36.9 Å². The lowest BCUT2D eigenvalue weighted by molar-refractivity contribution is 0.282. The van der Waals surface area contributed by atoms with E-state index in [4.69, 9.17) is 5.73 Å². The zero-order valence-corrected chi connectivity index (χ0v) is 11.5. The third-order valence-electron chi connectivity index (χ3n) is 3.72. The fourth-order valence-corrected chi connectivity index (χ4v) is 2.47. The van der Waals surface area contributed by atoms with Crippen molar-refractivity contribution in [2.24, 2.45) is 5.73 Å². The second-order valence-corrected chi connectivity index (χ2v) is 5.43. The van der Waals surface area contributed by atoms with E-state index in [0.717, 1.165) is 19.6 Å². The second kappa shape index (κ2) is 6.17. The van der Waals surface area contributed by atoms with E-state index in [-0.39, 0.29) is 0 Å². The van der Waals surface area contributed by atoms with Gasteiger partial charge in [0.05, 0.1) is 0 Å². The van der Waals surface area contributed by atoms with Gasteiger partial charge in [0, 0.05) is 19.6 Å². The highest BCUT2D eigenvalue weighted by atomic mass is 15.1. The van der Waals surface area contributed by atoms with Gasteiger partial charge in [-0.15, -0.1) is 0 Å². The van der Waals surface area contributed by atoms with Crippen molar-refractivity contribution >= 4 is 0 Å². The Balaban J connectivity index is 1.96. The number of hydrogen-bond acceptors (Lipinski definition) is 2. The van der Waals surface area contributed by atoms with E-state index in [9.17, 15) is 0 Å². The van der Waals surface area contributed by atoms with Gasteiger partial charge < -0.3 is 5.73 Å². The standard InChI is InChI=1S/C16H24N2/c1-13-4-3-9-18(11-13)12-15-5-7-16(8-6-15)14(2)10-17/h4-8,14H,3,9-12,17H2,1-2H3. The van der Waals surface area contributed by atoms with Crippen LogP contribution in [-0.2, 0) is 6.54 Å². The molecule has 1 aromatic rings. The molecule has 2 nitrogen and oxygen atoms in total. The summed E-state index contributed by atoms with van der Waals surface area (Å²) in [5.74, 6) is 0.458. The molecule has 1 aliphatic rings. The van der Waals surface area contributed by atoms with Crippen LogP contribution < -0.4 is 5.73 Å². The molecule has 98 valence electrons. The molecule has 0 aromatic heterocycles. The van der Waals surface area contributed by atoms with E-state index in [0.29, 0.717) is 5.92 Å². The molecule has 0 bridgehead atoms. The van der Waals surface area contributed by atoms with E-state index in [1.165, 1.54) is 29.7 Å². The van der Waals surface area contributed by atoms with Crippen LogP contribution >= 0.6 is 0 Å². The van der Waals surface area contributed by atoms with Gasteiger partial charge in [0.2, 0.25) is 0 Å². The van der Waals surface area contributed by atoms with Gasteiger partial charge >= 0.3 is 0 Å². The van der Waals surface area contributed by atoms with Crippen LogP contribution in [0.5, 0.6) is 0 Å². The molecule has 1 unspecified atom stereocenters. The fourth-order valence-electron chi connectivity index (χ4n) is 2.47. The molecule has 0 radical (unpaired) electrons. The summed E-state index contributed by atoms with van der Waals surface area (Å²) >= 11 is 0. The van der Waals surface area contributed by atoms with Crippen molar-refractivity contribution in [3.63, 3.8) is 0 Å². The first-order valence-electron chi connectivity index (χ1n) is 6.86. The van der Waals surface area contributed by atoms with E-state index in [2.05, 4.69) is 49.1 Å². The molecule has 2 rings (SSSR count). The maximum Gasteiger partial charge on any atom is 0.0237 e. The smallest absolute Gasteiger partial charge is 0.0237 e. The fraction of sp³-hybridized carbons (Fsp3) is 0.500. The number of benzene rings is 1. The summed E-state index contributed by atoms with van der Waals surface area (Å²) in [5.41, 5.74) is 9.93. The SMILES string of the molecule is CC1=CCCN(Cc2ccc(C(C)CN)cc2)C1. The molecule has 2 N–H and O–H groups in total. The Kier molecular flexibility index (Phi) is 4.56. The Hall–Kier alpha value is -1.12. The second-order valence-electron chi connectivity index (χ2n) is 5.43. The molecular formula is C16H24N2. The third kappa shape index (κ3) is 3.44. The molecule has 0 fully saturated rings. The van der Waals surface area contributed by atoms with Gasteiger partial charge in [-0.25, -0.2) is 0 Å². The lowest BCUT2D eigenvalue weighted by Crippen LogP contribution is -2.28. The Morgan fingerprint density at radius 3 is 2.61 bits per heavy atom. The van der Waals surface area contributed by atoms with Crippen LogP contribution in [0.3, 0.4) is 0 Å². The minimum atomic E-state index is 0.458. The van der Waals surface area contributed by atoms with Crippen molar-refractivity contribution in [3.05, 3.63) is 47.0 Å². The van der Waals surface area contributed by atoms with Crippen molar-refractivity contribution in [2.75, 3.05) is 19.6 Å². The summed E-state index contributed by atoms with van der Waals surface area (Å²) in [6, 6.07) is 8.93. The molecule has 0 saturated heterocycles. The predicted molar refractivity (Wildman–Crippen MR) is 77.6 cm³/mol. The van der Waals surface area contributed by atoms with Crippen LogP contribution in [0.15, 0.2) is 35.9 Å². The summed E-state index contributed by atoms with van der Waals surface area (Å²) < 4.78 is 0. The highest BCUT2D eigenvalue weighted by Gasteiger charge is 2.10. The maximum atomic E-state index is 5.69. The Labute approximate surface area is 110 Å². The van der Waals surface area contributed by atoms with Gasteiger partial charge in [-0.2, -0.15) is 0 Å². The first-order chi connectivity index (χ1) is 8.69. The van der Waals surface area contributed by atoms with Gasteiger partial charge in [-0.1, -0.05) is 42.8 Å². The number of nitrogens with zero attached hydrogens (tertiary/aromatic N) is 1. The van der Waals surface area contributed by atoms with Gasteiger partial charge in [0.25, 0.3) is 0 Å². The minimum Gasteiger partial charge on any atom is -0.330 e. The summed E-state index contributed by atoms with van der Waals surface area (Å²) in [4.78, 5) is 2.51. The van der Waals surface area contributed by atoms with Crippen molar-refractivity contribution in [2.45, 2.75) is 32.7 Å². The van der Waals surface area contributed by atoms with Crippen molar-refractivity contribution in [1.29, 1.82) is 0 Å². The normalized spacial score (nSPS) is 18.5. The molecule has 1 aliphatic heterocycles. The van der Waals surface area contributed by atoms with Crippen LogP contribution in [0.1, 0.15) is 37.3 Å². The molecule has 0 saturated carbocycles. The monoisotopic (exact) mass is 244 g/mol. The first-order valence-corrected chi connectivity index (χ1v) is 6.86. The van der Waals surface area contributed by atoms with E-state index >= 15 is 0 Å². The Bertz CT molecular complexity index is 406. The molecule has 0 amide bonds. The molecule has 1 aromatic carbocycles. The highest BCUT2D eigenvalue weighted by molar-refractivity contribution is 5.25. The quantitative estimate of drug-likeness (QED) is 0.825. The van der Waals surface area contributed by atoms with E-state index in [1.54, 1.807) is 0 Å². The molecule has 0 spiro atoms. The number of nitrogens with two attached hydrogens (primary N) is 1. The van der Waals surface area contributed by atoms with Crippen LogP contribution in [0, 0.1) is 0 Å². The van der Waals surface area contributed by atoms with Gasteiger partial charge in [0.15, 0.2) is 0 Å². The van der Waals surface area contributed by atoms with E-state index < -0.39 is 0 Å². The van der Waals surface area contributed by atoms with E-state index in [1.807, 2.05) is 0 Å². The van der Waals surface area contributed by atoms with Gasteiger partial charge in [0.1, 0.15) is 0 Å². The number of rotatable bonds is 4.